The Kier molecular flexibility index (Phi) is 4.68. The average Bonchev–Trinajstić information content (AvgIpc) is 2.48. The SMILES string of the molecule is O=C(NC1CCN(C(=O)CCl)CC1)c1cnccn1. The van der Waals surface area contributed by atoms with Crippen LogP contribution in [-0.2, 0) is 4.79 Å². The molecular weight excluding hydrogens is 268 g/mol. The zero-order chi connectivity index (χ0) is 13.7. The smallest absolute Gasteiger partial charge is 0.271 e. The molecule has 0 radical (unpaired) electrons. The fraction of sp³-hybridized carbons (Fsp3) is 0.500. The molecule has 2 heterocycles. The van der Waals surface area contributed by atoms with Crippen LogP contribution in [0.15, 0.2) is 18.6 Å². The molecule has 2 rings (SSSR count). The van der Waals surface area contributed by atoms with Crippen molar-refractivity contribution in [1.82, 2.24) is 20.2 Å². The number of hydrogen-bond acceptors (Lipinski definition) is 4. The highest BCUT2D eigenvalue weighted by Crippen LogP contribution is 2.11. The van der Waals surface area contributed by atoms with E-state index in [0.29, 0.717) is 18.8 Å². The molecule has 19 heavy (non-hydrogen) atoms. The van der Waals surface area contributed by atoms with Crippen molar-refractivity contribution in [3.05, 3.63) is 24.3 Å². The highest BCUT2D eigenvalue weighted by atomic mass is 35.5. The maximum atomic E-state index is 11.9. The third kappa shape index (κ3) is 3.64. The van der Waals surface area contributed by atoms with E-state index in [1.165, 1.54) is 18.6 Å². The molecular formula is C12H15ClN4O2. The number of alkyl halides is 1. The molecule has 0 spiro atoms. The van der Waals surface area contributed by atoms with E-state index in [4.69, 9.17) is 11.6 Å². The largest absolute Gasteiger partial charge is 0.348 e. The molecule has 0 bridgehead atoms. The summed E-state index contributed by atoms with van der Waals surface area (Å²) in [4.78, 5) is 32.8. The van der Waals surface area contributed by atoms with Crippen molar-refractivity contribution in [2.24, 2.45) is 0 Å². The van der Waals surface area contributed by atoms with Crippen LogP contribution in [0, 0.1) is 0 Å². The molecule has 1 aromatic heterocycles. The van der Waals surface area contributed by atoms with E-state index in [0.717, 1.165) is 12.8 Å². The summed E-state index contributed by atoms with van der Waals surface area (Å²) < 4.78 is 0. The average molecular weight is 283 g/mol. The zero-order valence-corrected chi connectivity index (χ0v) is 11.1. The third-order valence-corrected chi connectivity index (χ3v) is 3.32. The van der Waals surface area contributed by atoms with E-state index >= 15 is 0 Å². The summed E-state index contributed by atoms with van der Waals surface area (Å²) in [7, 11) is 0. The van der Waals surface area contributed by atoms with Gasteiger partial charge in [-0.25, -0.2) is 4.98 Å². The lowest BCUT2D eigenvalue weighted by Gasteiger charge is -2.31. The Morgan fingerprint density at radius 2 is 2.11 bits per heavy atom. The van der Waals surface area contributed by atoms with Crippen LogP contribution in [0.25, 0.3) is 0 Å². The molecule has 1 aromatic rings. The van der Waals surface area contributed by atoms with Crippen molar-refractivity contribution in [2.75, 3.05) is 19.0 Å². The second-order valence-corrected chi connectivity index (χ2v) is 4.62. The molecule has 0 aromatic carbocycles. The van der Waals surface area contributed by atoms with Crippen LogP contribution in [0.1, 0.15) is 23.3 Å². The standard InChI is InChI=1S/C12H15ClN4O2/c13-7-11(18)17-5-1-9(2-6-17)16-12(19)10-8-14-3-4-15-10/h3-4,8-9H,1-2,5-7H2,(H,16,19). The summed E-state index contributed by atoms with van der Waals surface area (Å²) in [6, 6.07) is 0.0638. The van der Waals surface area contributed by atoms with Gasteiger partial charge in [0.2, 0.25) is 5.91 Å². The second kappa shape index (κ2) is 6.47. The van der Waals surface area contributed by atoms with E-state index in [9.17, 15) is 9.59 Å². The molecule has 0 unspecified atom stereocenters. The van der Waals surface area contributed by atoms with Gasteiger partial charge in [-0.2, -0.15) is 0 Å². The molecule has 1 N–H and O–H groups in total. The normalized spacial score (nSPS) is 16.2. The number of amides is 2. The maximum Gasteiger partial charge on any atom is 0.271 e. The summed E-state index contributed by atoms with van der Waals surface area (Å²) in [6.45, 7) is 1.24. The number of halogens is 1. The number of piperidine rings is 1. The van der Waals surface area contributed by atoms with Gasteiger partial charge in [0.25, 0.3) is 5.91 Å². The molecule has 0 aliphatic carbocycles. The summed E-state index contributed by atoms with van der Waals surface area (Å²) in [5.74, 6) is -0.271. The number of rotatable bonds is 3. The van der Waals surface area contributed by atoms with Gasteiger partial charge in [-0.1, -0.05) is 0 Å². The van der Waals surface area contributed by atoms with Crippen LogP contribution in [-0.4, -0.2) is 51.7 Å². The number of hydrogen-bond donors (Lipinski definition) is 1. The lowest BCUT2D eigenvalue weighted by atomic mass is 10.0. The van der Waals surface area contributed by atoms with Gasteiger partial charge in [0.1, 0.15) is 11.6 Å². The number of carbonyl (C=O) groups is 2. The van der Waals surface area contributed by atoms with Gasteiger partial charge in [-0.3, -0.25) is 14.6 Å². The van der Waals surface area contributed by atoms with Crippen molar-refractivity contribution >= 4 is 23.4 Å². The monoisotopic (exact) mass is 282 g/mol. The Morgan fingerprint density at radius 1 is 1.37 bits per heavy atom. The molecule has 1 aliphatic heterocycles. The van der Waals surface area contributed by atoms with Gasteiger partial charge >= 0.3 is 0 Å². The Bertz CT molecular complexity index is 446. The minimum atomic E-state index is -0.227. The fourth-order valence-electron chi connectivity index (χ4n) is 2.03. The highest BCUT2D eigenvalue weighted by Gasteiger charge is 2.23. The van der Waals surface area contributed by atoms with E-state index in [1.54, 1.807) is 4.90 Å². The molecule has 1 fully saturated rings. The van der Waals surface area contributed by atoms with Gasteiger partial charge in [-0.05, 0) is 12.8 Å². The lowest BCUT2D eigenvalue weighted by Crippen LogP contribution is -2.47. The highest BCUT2D eigenvalue weighted by molar-refractivity contribution is 6.27. The van der Waals surface area contributed by atoms with Crippen molar-refractivity contribution in [3.63, 3.8) is 0 Å². The molecule has 6 nitrogen and oxygen atoms in total. The molecule has 0 atom stereocenters. The number of nitrogens with zero attached hydrogens (tertiary/aromatic N) is 3. The first-order valence-electron chi connectivity index (χ1n) is 6.11. The Hall–Kier alpha value is -1.69. The topological polar surface area (TPSA) is 75.2 Å². The predicted octanol–water partition coefficient (Wildman–Crippen LogP) is 0.436. The summed E-state index contributed by atoms with van der Waals surface area (Å²) in [6.07, 6.45) is 5.90. The summed E-state index contributed by atoms with van der Waals surface area (Å²) >= 11 is 5.51. The van der Waals surface area contributed by atoms with E-state index in [-0.39, 0.29) is 23.7 Å². The molecule has 1 saturated heterocycles. The summed E-state index contributed by atoms with van der Waals surface area (Å²) in [5, 5.41) is 2.90. The van der Waals surface area contributed by atoms with Crippen LogP contribution in [0.4, 0.5) is 0 Å². The maximum absolute atomic E-state index is 11.9. The van der Waals surface area contributed by atoms with Crippen molar-refractivity contribution < 1.29 is 9.59 Å². The zero-order valence-electron chi connectivity index (χ0n) is 10.4. The number of likely N-dealkylation sites (tertiary alicyclic amines) is 1. The fourth-order valence-corrected chi connectivity index (χ4v) is 2.20. The number of carbonyl (C=O) groups excluding carboxylic acids is 2. The van der Waals surface area contributed by atoms with Gasteiger partial charge < -0.3 is 10.2 Å². The van der Waals surface area contributed by atoms with E-state index < -0.39 is 0 Å². The van der Waals surface area contributed by atoms with Gasteiger partial charge in [-0.15, -0.1) is 11.6 Å². The first-order valence-corrected chi connectivity index (χ1v) is 6.65. The lowest BCUT2D eigenvalue weighted by molar-refractivity contribution is -0.129. The summed E-state index contributed by atoms with van der Waals surface area (Å²) in [5.41, 5.74) is 0.307. The number of nitrogens with one attached hydrogen (secondary N) is 1. The van der Waals surface area contributed by atoms with Gasteiger partial charge in [0.05, 0.1) is 6.20 Å². The minimum Gasteiger partial charge on any atom is -0.348 e. The number of aromatic nitrogens is 2. The second-order valence-electron chi connectivity index (χ2n) is 4.35. The van der Waals surface area contributed by atoms with E-state index in [2.05, 4.69) is 15.3 Å². The first-order chi connectivity index (χ1) is 9.20. The Labute approximate surface area is 116 Å². The van der Waals surface area contributed by atoms with Crippen LogP contribution in [0.2, 0.25) is 0 Å². The molecule has 1 aliphatic rings. The van der Waals surface area contributed by atoms with Crippen LogP contribution in [0.5, 0.6) is 0 Å². The van der Waals surface area contributed by atoms with Gasteiger partial charge in [0, 0.05) is 31.5 Å². The minimum absolute atomic E-state index is 0.0105. The molecule has 102 valence electrons. The van der Waals surface area contributed by atoms with Crippen LogP contribution < -0.4 is 5.32 Å². The van der Waals surface area contributed by atoms with Crippen molar-refractivity contribution in [1.29, 1.82) is 0 Å². The third-order valence-electron chi connectivity index (χ3n) is 3.09. The van der Waals surface area contributed by atoms with Crippen LogP contribution >= 0.6 is 11.6 Å². The van der Waals surface area contributed by atoms with Gasteiger partial charge in [0.15, 0.2) is 0 Å². The van der Waals surface area contributed by atoms with Crippen molar-refractivity contribution in [3.8, 4) is 0 Å². The van der Waals surface area contributed by atoms with E-state index in [1.807, 2.05) is 0 Å². The molecule has 2 amide bonds. The molecule has 7 heteroatoms. The predicted molar refractivity (Wildman–Crippen MR) is 69.8 cm³/mol. The van der Waals surface area contributed by atoms with Crippen LogP contribution in [0.3, 0.4) is 0 Å². The molecule has 0 saturated carbocycles. The Balaban J connectivity index is 1.83. The quantitative estimate of drug-likeness (QED) is 0.816. The van der Waals surface area contributed by atoms with Crippen molar-refractivity contribution in [2.45, 2.75) is 18.9 Å². The first kappa shape index (κ1) is 13.7. The Morgan fingerprint density at radius 3 is 2.68 bits per heavy atom.